The summed E-state index contributed by atoms with van der Waals surface area (Å²) in [6, 6.07) is 4.00. The lowest BCUT2D eigenvalue weighted by Crippen LogP contribution is -2.18. The highest BCUT2D eigenvalue weighted by Crippen LogP contribution is 2.35. The number of aromatic amines is 1. The van der Waals surface area contributed by atoms with Crippen molar-refractivity contribution in [3.05, 3.63) is 46.1 Å². The third kappa shape index (κ3) is 2.72. The third-order valence-corrected chi connectivity index (χ3v) is 4.78. The molecule has 4 rings (SSSR count). The number of aryl methyl sites for hydroxylation is 3. The third-order valence-electron chi connectivity index (χ3n) is 4.78. The van der Waals surface area contributed by atoms with E-state index in [9.17, 15) is 4.79 Å². The highest BCUT2D eigenvalue weighted by atomic mass is 16.5. The summed E-state index contributed by atoms with van der Waals surface area (Å²) in [7, 11) is 1.76. The van der Waals surface area contributed by atoms with Gasteiger partial charge in [0, 0.05) is 48.1 Å². The van der Waals surface area contributed by atoms with E-state index in [0.29, 0.717) is 24.6 Å². The normalized spacial score (nSPS) is 17.3. The van der Waals surface area contributed by atoms with Crippen molar-refractivity contribution < 1.29 is 9.47 Å². The van der Waals surface area contributed by atoms with Crippen LogP contribution in [0.4, 0.5) is 0 Å². The van der Waals surface area contributed by atoms with Gasteiger partial charge in [-0.05, 0) is 31.5 Å². The molecule has 6 heteroatoms. The Bertz CT molecular complexity index is 997. The van der Waals surface area contributed by atoms with E-state index < -0.39 is 0 Å². The van der Waals surface area contributed by atoms with Crippen molar-refractivity contribution in [1.82, 2.24) is 14.5 Å². The summed E-state index contributed by atoms with van der Waals surface area (Å²) in [5.74, 6) is 0.597. The lowest BCUT2D eigenvalue weighted by atomic mass is 10.0. The van der Waals surface area contributed by atoms with E-state index in [2.05, 4.69) is 16.0 Å². The van der Waals surface area contributed by atoms with Crippen LogP contribution in [0, 0.1) is 13.8 Å². The topological polar surface area (TPSA) is 69.1 Å². The Labute approximate surface area is 145 Å². The largest absolute Gasteiger partial charge is 0.471 e. The maximum absolute atomic E-state index is 12.3. The number of nitrogens with zero attached hydrogens (tertiary/aromatic N) is 2. The van der Waals surface area contributed by atoms with Crippen molar-refractivity contribution >= 4 is 10.9 Å². The number of pyridine rings is 2. The van der Waals surface area contributed by atoms with Crippen LogP contribution < -0.4 is 10.3 Å². The molecule has 0 aromatic carbocycles. The maximum atomic E-state index is 12.3. The summed E-state index contributed by atoms with van der Waals surface area (Å²) in [6.45, 7) is 5.31. The Balaban J connectivity index is 1.92. The first-order valence-electron chi connectivity index (χ1n) is 8.44. The lowest BCUT2D eigenvalue weighted by Gasteiger charge is -2.17. The zero-order valence-corrected chi connectivity index (χ0v) is 14.6. The number of rotatable bonds is 3. The Morgan fingerprint density at radius 3 is 2.96 bits per heavy atom. The van der Waals surface area contributed by atoms with Crippen LogP contribution in [0.2, 0.25) is 0 Å². The van der Waals surface area contributed by atoms with Crippen molar-refractivity contribution in [2.24, 2.45) is 7.05 Å². The molecule has 1 aliphatic rings. The van der Waals surface area contributed by atoms with Crippen LogP contribution in [-0.2, 0) is 11.8 Å². The van der Waals surface area contributed by atoms with E-state index in [1.807, 2.05) is 26.1 Å². The minimum Gasteiger partial charge on any atom is -0.471 e. The van der Waals surface area contributed by atoms with Crippen LogP contribution >= 0.6 is 0 Å². The molecule has 130 valence electrons. The minimum atomic E-state index is -0.0489. The van der Waals surface area contributed by atoms with Crippen LogP contribution in [-0.4, -0.2) is 33.9 Å². The summed E-state index contributed by atoms with van der Waals surface area (Å²) in [5, 5.41) is 0.876. The van der Waals surface area contributed by atoms with Crippen LogP contribution in [0.15, 0.2) is 29.3 Å². The molecule has 25 heavy (non-hydrogen) atoms. The molecule has 1 saturated heterocycles. The van der Waals surface area contributed by atoms with Gasteiger partial charge < -0.3 is 19.0 Å². The zero-order valence-electron chi connectivity index (χ0n) is 14.6. The fraction of sp³-hybridized carbons (Fsp3) is 0.368. The molecule has 0 saturated carbocycles. The second-order valence-corrected chi connectivity index (χ2v) is 6.57. The summed E-state index contributed by atoms with van der Waals surface area (Å²) in [4.78, 5) is 20.0. The predicted molar refractivity (Wildman–Crippen MR) is 96.1 cm³/mol. The quantitative estimate of drug-likeness (QED) is 0.796. The van der Waals surface area contributed by atoms with E-state index in [4.69, 9.17) is 9.47 Å². The Morgan fingerprint density at radius 2 is 2.20 bits per heavy atom. The molecule has 1 N–H and O–H groups in total. The maximum Gasteiger partial charge on any atom is 0.274 e. The van der Waals surface area contributed by atoms with Crippen molar-refractivity contribution in [2.45, 2.75) is 26.4 Å². The summed E-state index contributed by atoms with van der Waals surface area (Å²) >= 11 is 0. The van der Waals surface area contributed by atoms with E-state index in [-0.39, 0.29) is 11.7 Å². The first-order chi connectivity index (χ1) is 12.0. The van der Waals surface area contributed by atoms with Gasteiger partial charge in [-0.3, -0.25) is 4.79 Å². The molecule has 0 radical (unpaired) electrons. The van der Waals surface area contributed by atoms with Crippen molar-refractivity contribution in [2.75, 3.05) is 13.2 Å². The Hall–Kier alpha value is -2.60. The van der Waals surface area contributed by atoms with Gasteiger partial charge in [0.1, 0.15) is 11.6 Å². The first-order valence-corrected chi connectivity index (χ1v) is 8.44. The van der Waals surface area contributed by atoms with E-state index in [1.54, 1.807) is 17.8 Å². The molecule has 0 amide bonds. The molecular formula is C19H21N3O3. The van der Waals surface area contributed by atoms with E-state index in [0.717, 1.165) is 34.2 Å². The number of H-pyrrole nitrogens is 1. The molecular weight excluding hydrogens is 318 g/mol. The number of aromatic nitrogens is 3. The van der Waals surface area contributed by atoms with Gasteiger partial charge in [0.15, 0.2) is 0 Å². The van der Waals surface area contributed by atoms with Crippen molar-refractivity contribution in [3.63, 3.8) is 0 Å². The van der Waals surface area contributed by atoms with Crippen LogP contribution in [0.3, 0.4) is 0 Å². The molecule has 4 heterocycles. The molecule has 0 aliphatic carbocycles. The second kappa shape index (κ2) is 6.04. The van der Waals surface area contributed by atoms with E-state index >= 15 is 0 Å². The SMILES string of the molecule is Cc1cc(-c2cn(C)c(=O)c3[nH]ccc23)c(OC2CCOC2)nc1C. The smallest absolute Gasteiger partial charge is 0.274 e. The Morgan fingerprint density at radius 1 is 1.36 bits per heavy atom. The number of fused-ring (bicyclic) bond motifs is 1. The Kier molecular flexibility index (Phi) is 3.84. The lowest BCUT2D eigenvalue weighted by molar-refractivity contribution is 0.138. The fourth-order valence-corrected chi connectivity index (χ4v) is 3.21. The van der Waals surface area contributed by atoms with Gasteiger partial charge in [-0.25, -0.2) is 4.98 Å². The predicted octanol–water partition coefficient (Wildman–Crippen LogP) is 2.71. The van der Waals surface area contributed by atoms with Gasteiger partial charge in [-0.15, -0.1) is 0 Å². The molecule has 3 aromatic heterocycles. The highest BCUT2D eigenvalue weighted by Gasteiger charge is 2.22. The van der Waals surface area contributed by atoms with Crippen LogP contribution in [0.1, 0.15) is 17.7 Å². The van der Waals surface area contributed by atoms with Gasteiger partial charge in [-0.1, -0.05) is 0 Å². The second-order valence-electron chi connectivity index (χ2n) is 6.57. The van der Waals surface area contributed by atoms with Crippen molar-refractivity contribution in [3.8, 4) is 17.0 Å². The molecule has 6 nitrogen and oxygen atoms in total. The molecule has 1 unspecified atom stereocenters. The van der Waals surface area contributed by atoms with Gasteiger partial charge in [-0.2, -0.15) is 0 Å². The average molecular weight is 339 g/mol. The zero-order chi connectivity index (χ0) is 17.6. The minimum absolute atomic E-state index is 0.0163. The monoisotopic (exact) mass is 339 g/mol. The van der Waals surface area contributed by atoms with Gasteiger partial charge in [0.25, 0.3) is 5.56 Å². The van der Waals surface area contributed by atoms with Gasteiger partial charge >= 0.3 is 0 Å². The molecule has 3 aromatic rings. The van der Waals surface area contributed by atoms with E-state index in [1.165, 1.54) is 0 Å². The molecule has 1 atom stereocenters. The number of ether oxygens (including phenoxy) is 2. The van der Waals surface area contributed by atoms with Gasteiger partial charge in [0.05, 0.1) is 13.2 Å². The van der Waals surface area contributed by atoms with Crippen LogP contribution in [0.5, 0.6) is 5.88 Å². The number of hydrogen-bond donors (Lipinski definition) is 1. The number of nitrogens with one attached hydrogen (secondary N) is 1. The average Bonchev–Trinajstić information content (AvgIpc) is 3.26. The molecule has 1 fully saturated rings. The highest BCUT2D eigenvalue weighted by molar-refractivity contribution is 5.95. The molecule has 1 aliphatic heterocycles. The summed E-state index contributed by atoms with van der Waals surface area (Å²) < 4.78 is 13.2. The van der Waals surface area contributed by atoms with Crippen LogP contribution in [0.25, 0.3) is 22.0 Å². The molecule has 0 spiro atoms. The standard InChI is InChI=1S/C19H21N3O3/c1-11-8-15(18(21-12(11)2)25-13-5-7-24-10-13)16-9-22(3)19(23)17-14(16)4-6-20-17/h4,6,8-9,13,20H,5,7,10H2,1-3H3. The summed E-state index contributed by atoms with van der Waals surface area (Å²) in [6.07, 6.45) is 4.51. The van der Waals surface area contributed by atoms with Crippen molar-refractivity contribution in [1.29, 1.82) is 0 Å². The molecule has 0 bridgehead atoms. The first kappa shape index (κ1) is 15.9. The fourth-order valence-electron chi connectivity index (χ4n) is 3.21. The summed E-state index contributed by atoms with van der Waals surface area (Å²) in [5.41, 5.74) is 4.40. The number of hydrogen-bond acceptors (Lipinski definition) is 4. The van der Waals surface area contributed by atoms with Gasteiger partial charge in [0.2, 0.25) is 5.88 Å².